The first-order valence-electron chi connectivity index (χ1n) is 3.53. The molecule has 5 nitrogen and oxygen atoms in total. The molecule has 66 valence electrons. The minimum Gasteiger partial charge on any atom is -0.426 e. The van der Waals surface area contributed by atoms with Gasteiger partial charge in [-0.05, 0) is 19.9 Å². The molecule has 0 aliphatic rings. The van der Waals surface area contributed by atoms with E-state index in [1.165, 1.54) is 0 Å². The summed E-state index contributed by atoms with van der Waals surface area (Å²) in [6, 6.07) is 1.89. The maximum absolute atomic E-state index is 10.2. The Kier molecular flexibility index (Phi) is 2.32. The summed E-state index contributed by atoms with van der Waals surface area (Å²) < 4.78 is 6.13. The first-order chi connectivity index (χ1) is 5.59. The second-order valence-corrected chi connectivity index (χ2v) is 2.52. The molecule has 0 fully saturated rings. The van der Waals surface area contributed by atoms with Gasteiger partial charge in [-0.25, -0.2) is 9.48 Å². The SMILES string of the molecule is Cc1cc(C)n(COC(N)=O)n1. The first-order valence-corrected chi connectivity index (χ1v) is 3.53. The second kappa shape index (κ2) is 3.25. The largest absolute Gasteiger partial charge is 0.426 e. The molecule has 1 aromatic heterocycles. The van der Waals surface area contributed by atoms with Crippen LogP contribution in [-0.2, 0) is 11.5 Å². The predicted octanol–water partition coefficient (Wildman–Crippen LogP) is 0.553. The van der Waals surface area contributed by atoms with Crippen molar-refractivity contribution in [2.75, 3.05) is 0 Å². The van der Waals surface area contributed by atoms with Gasteiger partial charge in [-0.15, -0.1) is 0 Å². The number of primary amides is 1. The third-order valence-electron chi connectivity index (χ3n) is 1.43. The molecule has 0 bridgehead atoms. The quantitative estimate of drug-likeness (QED) is 0.702. The smallest absolute Gasteiger partial charge is 0.406 e. The third-order valence-corrected chi connectivity index (χ3v) is 1.43. The Bertz CT molecular complexity index is 293. The van der Waals surface area contributed by atoms with Gasteiger partial charge in [0.15, 0.2) is 6.73 Å². The molecule has 0 saturated heterocycles. The summed E-state index contributed by atoms with van der Waals surface area (Å²) in [6.07, 6.45) is -0.789. The van der Waals surface area contributed by atoms with Crippen molar-refractivity contribution in [2.24, 2.45) is 5.73 Å². The van der Waals surface area contributed by atoms with E-state index in [-0.39, 0.29) is 6.73 Å². The molecule has 0 atom stereocenters. The fourth-order valence-electron chi connectivity index (χ4n) is 0.930. The number of carbonyl (C=O) groups excluding carboxylic acids is 1. The molecule has 2 N–H and O–H groups in total. The molecule has 12 heavy (non-hydrogen) atoms. The van der Waals surface area contributed by atoms with Gasteiger partial charge >= 0.3 is 6.09 Å². The lowest BCUT2D eigenvalue weighted by molar-refractivity contribution is 0.116. The fourth-order valence-corrected chi connectivity index (χ4v) is 0.930. The summed E-state index contributed by atoms with van der Waals surface area (Å²) >= 11 is 0. The number of hydrogen-bond acceptors (Lipinski definition) is 3. The van der Waals surface area contributed by atoms with E-state index in [0.29, 0.717) is 0 Å². The topological polar surface area (TPSA) is 70.1 Å². The van der Waals surface area contributed by atoms with Crippen LogP contribution in [0.4, 0.5) is 4.79 Å². The molecule has 0 saturated carbocycles. The van der Waals surface area contributed by atoms with Gasteiger partial charge < -0.3 is 10.5 Å². The molecule has 0 aliphatic heterocycles. The number of rotatable bonds is 2. The maximum atomic E-state index is 10.2. The highest BCUT2D eigenvalue weighted by atomic mass is 16.6. The standard InChI is InChI=1S/C7H11N3O2/c1-5-3-6(2)10(9-5)4-12-7(8)11/h3H,4H2,1-2H3,(H2,8,11). The Labute approximate surface area is 70.1 Å². The van der Waals surface area contributed by atoms with Crippen molar-refractivity contribution in [3.05, 3.63) is 17.5 Å². The van der Waals surface area contributed by atoms with E-state index in [4.69, 9.17) is 5.73 Å². The van der Waals surface area contributed by atoms with Crippen molar-refractivity contribution in [3.8, 4) is 0 Å². The molecule has 0 aliphatic carbocycles. The average Bonchev–Trinajstić information content (AvgIpc) is 2.26. The van der Waals surface area contributed by atoms with Crippen LogP contribution in [0.3, 0.4) is 0 Å². The predicted molar refractivity (Wildman–Crippen MR) is 42.4 cm³/mol. The molecular weight excluding hydrogens is 158 g/mol. The lowest BCUT2D eigenvalue weighted by Crippen LogP contribution is -2.16. The van der Waals surface area contributed by atoms with Crippen LogP contribution in [0.2, 0.25) is 0 Å². The van der Waals surface area contributed by atoms with E-state index in [0.717, 1.165) is 11.4 Å². The van der Waals surface area contributed by atoms with Crippen molar-refractivity contribution >= 4 is 6.09 Å². The lowest BCUT2D eigenvalue weighted by Gasteiger charge is -2.02. The van der Waals surface area contributed by atoms with Crippen molar-refractivity contribution < 1.29 is 9.53 Å². The number of hydrogen-bond donors (Lipinski definition) is 1. The summed E-state index contributed by atoms with van der Waals surface area (Å²) in [5.74, 6) is 0. The van der Waals surface area contributed by atoms with Gasteiger partial charge in [0, 0.05) is 5.69 Å². The van der Waals surface area contributed by atoms with E-state index < -0.39 is 6.09 Å². The highest BCUT2D eigenvalue weighted by Gasteiger charge is 2.01. The molecule has 1 aromatic rings. The van der Waals surface area contributed by atoms with Gasteiger partial charge in [-0.2, -0.15) is 5.10 Å². The number of ether oxygens (including phenoxy) is 1. The molecular formula is C7H11N3O2. The summed E-state index contributed by atoms with van der Waals surface area (Å²) in [5, 5.41) is 4.07. The van der Waals surface area contributed by atoms with Gasteiger partial charge in [0.2, 0.25) is 0 Å². The molecule has 0 radical (unpaired) electrons. The van der Waals surface area contributed by atoms with E-state index in [1.54, 1.807) is 4.68 Å². The summed E-state index contributed by atoms with van der Waals surface area (Å²) in [4.78, 5) is 10.2. The van der Waals surface area contributed by atoms with E-state index in [2.05, 4.69) is 9.84 Å². The van der Waals surface area contributed by atoms with E-state index >= 15 is 0 Å². The summed E-state index contributed by atoms with van der Waals surface area (Å²) in [7, 11) is 0. The number of amides is 1. The molecule has 0 unspecified atom stereocenters. The van der Waals surface area contributed by atoms with Gasteiger partial charge in [0.05, 0.1) is 5.69 Å². The van der Waals surface area contributed by atoms with Gasteiger partial charge in [0.1, 0.15) is 0 Å². The summed E-state index contributed by atoms with van der Waals surface area (Å²) in [5.41, 5.74) is 6.62. The number of carbonyl (C=O) groups is 1. The van der Waals surface area contributed by atoms with Crippen LogP contribution in [0.15, 0.2) is 6.07 Å². The van der Waals surface area contributed by atoms with Gasteiger partial charge in [0.25, 0.3) is 0 Å². The zero-order valence-electron chi connectivity index (χ0n) is 7.07. The van der Waals surface area contributed by atoms with E-state index in [1.807, 2.05) is 19.9 Å². The minimum atomic E-state index is -0.789. The second-order valence-electron chi connectivity index (χ2n) is 2.52. The Morgan fingerprint density at radius 2 is 2.42 bits per heavy atom. The lowest BCUT2D eigenvalue weighted by atomic mass is 10.4. The van der Waals surface area contributed by atoms with E-state index in [9.17, 15) is 4.79 Å². The molecule has 0 spiro atoms. The van der Waals surface area contributed by atoms with Crippen LogP contribution in [0, 0.1) is 13.8 Å². The Balaban J connectivity index is 2.62. The number of aromatic nitrogens is 2. The van der Waals surface area contributed by atoms with Crippen LogP contribution in [-0.4, -0.2) is 15.9 Å². The molecule has 1 heterocycles. The minimum absolute atomic E-state index is 0.0784. The highest BCUT2D eigenvalue weighted by molar-refractivity contribution is 5.64. The molecule has 1 amide bonds. The fraction of sp³-hybridized carbons (Fsp3) is 0.429. The number of nitrogens with two attached hydrogens (primary N) is 1. The zero-order chi connectivity index (χ0) is 9.14. The van der Waals surface area contributed by atoms with Crippen molar-refractivity contribution in [3.63, 3.8) is 0 Å². The highest BCUT2D eigenvalue weighted by Crippen LogP contribution is 2.01. The third kappa shape index (κ3) is 1.98. The maximum Gasteiger partial charge on any atom is 0.406 e. The van der Waals surface area contributed by atoms with Crippen molar-refractivity contribution in [1.82, 2.24) is 9.78 Å². The Hall–Kier alpha value is -1.52. The van der Waals surface area contributed by atoms with Gasteiger partial charge in [-0.1, -0.05) is 0 Å². The molecule has 0 aromatic carbocycles. The van der Waals surface area contributed by atoms with Crippen molar-refractivity contribution in [1.29, 1.82) is 0 Å². The first kappa shape index (κ1) is 8.58. The molecule has 5 heteroatoms. The Morgan fingerprint density at radius 1 is 1.75 bits per heavy atom. The van der Waals surface area contributed by atoms with Crippen LogP contribution >= 0.6 is 0 Å². The number of aryl methyl sites for hydroxylation is 2. The average molecular weight is 169 g/mol. The molecule has 1 rings (SSSR count). The normalized spacial score (nSPS) is 9.83. The van der Waals surface area contributed by atoms with Crippen molar-refractivity contribution in [2.45, 2.75) is 20.6 Å². The zero-order valence-corrected chi connectivity index (χ0v) is 7.07. The van der Waals surface area contributed by atoms with Crippen LogP contribution in [0.1, 0.15) is 11.4 Å². The van der Waals surface area contributed by atoms with Crippen LogP contribution in [0.25, 0.3) is 0 Å². The van der Waals surface area contributed by atoms with Gasteiger partial charge in [-0.3, -0.25) is 0 Å². The van der Waals surface area contributed by atoms with Crippen LogP contribution in [0.5, 0.6) is 0 Å². The monoisotopic (exact) mass is 169 g/mol. The summed E-state index contributed by atoms with van der Waals surface area (Å²) in [6.45, 7) is 3.83. The van der Waals surface area contributed by atoms with Crippen LogP contribution < -0.4 is 5.73 Å². The Morgan fingerprint density at radius 3 is 2.83 bits per heavy atom. The number of nitrogens with zero attached hydrogens (tertiary/aromatic N) is 2.